The smallest absolute Gasteiger partial charge is 0.333 e. The van der Waals surface area contributed by atoms with Crippen molar-refractivity contribution in [2.75, 3.05) is 20.3 Å². The first-order valence-corrected chi connectivity index (χ1v) is 6.28. The molecule has 4 heteroatoms. The lowest BCUT2D eigenvalue weighted by Gasteiger charge is -2.33. The number of hydrogen-bond donors (Lipinski definition) is 0. The highest BCUT2D eigenvalue weighted by molar-refractivity contribution is 5.89. The number of allylic oxidation sites excluding steroid dienone is 1. The molecule has 2 fully saturated rings. The van der Waals surface area contributed by atoms with E-state index in [0.717, 1.165) is 37.7 Å². The van der Waals surface area contributed by atoms with Crippen LogP contribution in [0.5, 0.6) is 0 Å². The van der Waals surface area contributed by atoms with Crippen molar-refractivity contribution >= 4 is 5.97 Å². The van der Waals surface area contributed by atoms with Gasteiger partial charge in [0.2, 0.25) is 0 Å². The topological polar surface area (TPSA) is 44.8 Å². The summed E-state index contributed by atoms with van der Waals surface area (Å²) in [5.74, 6) is -0.551. The number of hydrogen-bond acceptors (Lipinski definition) is 4. The van der Waals surface area contributed by atoms with Crippen LogP contribution in [0.2, 0.25) is 0 Å². The van der Waals surface area contributed by atoms with Gasteiger partial charge in [0.15, 0.2) is 5.79 Å². The highest BCUT2D eigenvalue weighted by Gasteiger charge is 2.39. The maximum Gasteiger partial charge on any atom is 0.333 e. The van der Waals surface area contributed by atoms with Crippen LogP contribution in [0.4, 0.5) is 0 Å². The van der Waals surface area contributed by atoms with Crippen LogP contribution in [0.3, 0.4) is 0 Å². The van der Waals surface area contributed by atoms with Gasteiger partial charge < -0.3 is 14.2 Å². The van der Waals surface area contributed by atoms with Crippen molar-refractivity contribution in [2.24, 2.45) is 0 Å². The minimum Gasteiger partial charge on any atom is -0.466 e. The number of ether oxygens (including phenoxy) is 3. The molecule has 1 aliphatic heterocycles. The molecule has 0 aromatic rings. The summed E-state index contributed by atoms with van der Waals surface area (Å²) >= 11 is 0. The third-order valence-electron chi connectivity index (χ3n) is 3.64. The van der Waals surface area contributed by atoms with Crippen LogP contribution in [-0.2, 0) is 19.0 Å². The van der Waals surface area contributed by atoms with E-state index < -0.39 is 0 Å². The fraction of sp³-hybridized carbons (Fsp3) is 0.769. The minimum atomic E-state index is -0.363. The molecule has 4 nitrogen and oxygen atoms in total. The van der Waals surface area contributed by atoms with Gasteiger partial charge in [-0.15, -0.1) is 0 Å². The summed E-state index contributed by atoms with van der Waals surface area (Å²) in [6.07, 6.45) is 4.18. The highest BCUT2D eigenvalue weighted by Crippen LogP contribution is 2.39. The van der Waals surface area contributed by atoms with Crippen molar-refractivity contribution in [2.45, 2.75) is 44.8 Å². The molecule has 2 rings (SSSR count). The van der Waals surface area contributed by atoms with E-state index in [4.69, 9.17) is 14.2 Å². The maximum absolute atomic E-state index is 11.6. The van der Waals surface area contributed by atoms with Crippen molar-refractivity contribution in [3.63, 3.8) is 0 Å². The van der Waals surface area contributed by atoms with Crippen molar-refractivity contribution in [3.8, 4) is 0 Å². The van der Waals surface area contributed by atoms with E-state index in [1.54, 1.807) is 0 Å². The largest absolute Gasteiger partial charge is 0.466 e. The molecule has 0 N–H and O–H groups in total. The van der Waals surface area contributed by atoms with Gasteiger partial charge >= 0.3 is 5.97 Å². The summed E-state index contributed by atoms with van der Waals surface area (Å²) in [4.78, 5) is 11.6. The number of rotatable bonds is 2. The lowest BCUT2D eigenvalue weighted by molar-refractivity contribution is -0.171. The Labute approximate surface area is 102 Å². The normalized spacial score (nSPS) is 22.8. The molecular weight excluding hydrogens is 220 g/mol. The molecule has 1 heterocycles. The fourth-order valence-electron chi connectivity index (χ4n) is 2.68. The molecule has 0 aromatic carbocycles. The summed E-state index contributed by atoms with van der Waals surface area (Å²) in [5, 5.41) is 0. The van der Waals surface area contributed by atoms with Crippen molar-refractivity contribution < 1.29 is 19.0 Å². The molecule has 1 saturated carbocycles. The van der Waals surface area contributed by atoms with Gasteiger partial charge in [-0.3, -0.25) is 0 Å². The zero-order valence-electron chi connectivity index (χ0n) is 10.6. The summed E-state index contributed by atoms with van der Waals surface area (Å²) in [7, 11) is 1.44. The van der Waals surface area contributed by atoms with Crippen LogP contribution in [0.15, 0.2) is 11.1 Å². The van der Waals surface area contributed by atoms with Crippen LogP contribution >= 0.6 is 0 Å². The summed E-state index contributed by atoms with van der Waals surface area (Å²) < 4.78 is 16.2. The fourth-order valence-corrected chi connectivity index (χ4v) is 2.68. The van der Waals surface area contributed by atoms with Crippen LogP contribution in [0.25, 0.3) is 0 Å². The Balaban J connectivity index is 2.06. The van der Waals surface area contributed by atoms with E-state index >= 15 is 0 Å². The molecule has 0 radical (unpaired) electrons. The minimum absolute atomic E-state index is 0.188. The molecule has 1 aliphatic carbocycles. The number of carbonyl (C=O) groups is 1. The van der Waals surface area contributed by atoms with Gasteiger partial charge in [0.05, 0.1) is 20.3 Å². The summed E-state index contributed by atoms with van der Waals surface area (Å²) in [5.41, 5.74) is 2.05. The van der Waals surface area contributed by atoms with E-state index in [1.165, 1.54) is 12.7 Å². The molecule has 0 aromatic heterocycles. The van der Waals surface area contributed by atoms with Crippen LogP contribution in [-0.4, -0.2) is 32.1 Å². The summed E-state index contributed by atoms with van der Waals surface area (Å²) in [6, 6.07) is 0. The molecule has 0 unspecified atom stereocenters. The molecule has 17 heavy (non-hydrogen) atoms. The van der Waals surface area contributed by atoms with Gasteiger partial charge in [0.1, 0.15) is 0 Å². The number of carbonyl (C=O) groups excluding carboxylic acids is 1. The molecule has 1 spiro atoms. The van der Waals surface area contributed by atoms with Crippen LogP contribution < -0.4 is 0 Å². The molecule has 0 amide bonds. The average molecular weight is 240 g/mol. The molecular formula is C13H20O4. The van der Waals surface area contributed by atoms with Crippen molar-refractivity contribution in [3.05, 3.63) is 11.1 Å². The lowest BCUT2D eigenvalue weighted by Crippen LogP contribution is -2.33. The van der Waals surface area contributed by atoms with Gasteiger partial charge in [-0.05, 0) is 19.3 Å². The van der Waals surface area contributed by atoms with Crippen LogP contribution in [0, 0.1) is 0 Å². The summed E-state index contributed by atoms with van der Waals surface area (Å²) in [6.45, 7) is 3.37. The highest BCUT2D eigenvalue weighted by atomic mass is 16.7. The molecule has 96 valence electrons. The molecule has 2 aliphatic rings. The predicted molar refractivity (Wildman–Crippen MR) is 62.4 cm³/mol. The van der Waals surface area contributed by atoms with E-state index in [9.17, 15) is 4.79 Å². The van der Waals surface area contributed by atoms with E-state index in [2.05, 4.69) is 0 Å². The van der Waals surface area contributed by atoms with Gasteiger partial charge in [-0.25, -0.2) is 4.79 Å². The first-order valence-electron chi connectivity index (χ1n) is 6.28. The first kappa shape index (κ1) is 12.6. The molecule has 0 atom stereocenters. The van der Waals surface area contributed by atoms with Gasteiger partial charge in [-0.2, -0.15) is 0 Å². The standard InChI is InChI=1S/C13H20O4/c1-3-11(12(14)15-2)10-4-6-13(7-5-10)16-8-9-17-13/h3-9H2,1-2H3. The van der Waals surface area contributed by atoms with Gasteiger partial charge in [0.25, 0.3) is 0 Å². The zero-order chi connectivity index (χ0) is 12.3. The van der Waals surface area contributed by atoms with E-state index in [1.807, 2.05) is 6.92 Å². The Kier molecular flexibility index (Phi) is 3.84. The second-order valence-electron chi connectivity index (χ2n) is 4.53. The maximum atomic E-state index is 11.6. The number of esters is 1. The molecule has 1 saturated heterocycles. The third kappa shape index (κ3) is 2.53. The first-order chi connectivity index (χ1) is 8.21. The zero-order valence-corrected chi connectivity index (χ0v) is 10.6. The van der Waals surface area contributed by atoms with Crippen molar-refractivity contribution in [1.82, 2.24) is 0 Å². The van der Waals surface area contributed by atoms with Crippen LogP contribution in [0.1, 0.15) is 39.0 Å². The van der Waals surface area contributed by atoms with Gasteiger partial charge in [-0.1, -0.05) is 12.5 Å². The van der Waals surface area contributed by atoms with E-state index in [-0.39, 0.29) is 11.8 Å². The third-order valence-corrected chi connectivity index (χ3v) is 3.64. The SMILES string of the molecule is CCC(C(=O)OC)=C1CCC2(CC1)OCCO2. The second-order valence-corrected chi connectivity index (χ2v) is 4.53. The quantitative estimate of drug-likeness (QED) is 0.548. The van der Waals surface area contributed by atoms with E-state index in [0.29, 0.717) is 13.2 Å². The second kappa shape index (κ2) is 5.19. The average Bonchev–Trinajstić information content (AvgIpc) is 2.81. The monoisotopic (exact) mass is 240 g/mol. The molecule has 0 bridgehead atoms. The lowest BCUT2D eigenvalue weighted by atomic mass is 9.86. The Morgan fingerprint density at radius 3 is 2.35 bits per heavy atom. The Morgan fingerprint density at radius 2 is 1.88 bits per heavy atom. The Hall–Kier alpha value is -0.870. The number of methoxy groups -OCH3 is 1. The Morgan fingerprint density at radius 1 is 1.29 bits per heavy atom. The predicted octanol–water partition coefficient (Wildman–Crippen LogP) is 2.18. The van der Waals surface area contributed by atoms with Gasteiger partial charge in [0, 0.05) is 18.4 Å². The van der Waals surface area contributed by atoms with Crippen molar-refractivity contribution in [1.29, 1.82) is 0 Å². The Bertz CT molecular complexity index is 314.